The smallest absolute Gasteiger partial charge is 0.240 e. The summed E-state index contributed by atoms with van der Waals surface area (Å²) in [5.41, 5.74) is 0.748. The van der Waals surface area contributed by atoms with E-state index in [0.29, 0.717) is 11.4 Å². The molecule has 0 atom stereocenters. The van der Waals surface area contributed by atoms with E-state index in [1.165, 1.54) is 0 Å². The zero-order valence-corrected chi connectivity index (χ0v) is 12.8. The molecule has 1 aromatic rings. The van der Waals surface area contributed by atoms with Crippen LogP contribution < -0.4 is 10.0 Å². The largest absolute Gasteiger partial charge is 0.377 e. The molecule has 2 N–H and O–H groups in total. The lowest BCUT2D eigenvalue weighted by atomic mass is 9.80. The highest BCUT2D eigenvalue weighted by Gasteiger charge is 2.37. The van der Waals surface area contributed by atoms with E-state index in [1.54, 1.807) is 19.2 Å². The van der Waals surface area contributed by atoms with Crippen molar-refractivity contribution in [2.24, 2.45) is 0 Å². The Morgan fingerprint density at radius 2 is 1.90 bits per heavy atom. The van der Waals surface area contributed by atoms with Crippen molar-refractivity contribution >= 4 is 10.0 Å². The van der Waals surface area contributed by atoms with Crippen molar-refractivity contribution in [3.8, 4) is 0 Å². The van der Waals surface area contributed by atoms with Crippen molar-refractivity contribution in [3.63, 3.8) is 0 Å². The molecule has 1 fully saturated rings. The second-order valence-corrected chi connectivity index (χ2v) is 7.01. The summed E-state index contributed by atoms with van der Waals surface area (Å²) in [6.45, 7) is 1.06. The second kappa shape index (κ2) is 6.22. The van der Waals surface area contributed by atoms with E-state index in [2.05, 4.69) is 10.0 Å². The lowest BCUT2D eigenvalue weighted by Crippen LogP contribution is -2.49. The van der Waals surface area contributed by atoms with Gasteiger partial charge in [0.05, 0.1) is 10.5 Å². The van der Waals surface area contributed by atoms with Crippen molar-refractivity contribution in [1.29, 1.82) is 0 Å². The summed E-state index contributed by atoms with van der Waals surface area (Å²) in [5.74, 6) is 0. The summed E-state index contributed by atoms with van der Waals surface area (Å²) in [6, 6.07) is 6.91. The van der Waals surface area contributed by atoms with Crippen LogP contribution in [-0.2, 0) is 21.3 Å². The van der Waals surface area contributed by atoms with Crippen LogP contribution in [0.15, 0.2) is 29.2 Å². The Bertz CT molecular complexity index is 531. The predicted molar refractivity (Wildman–Crippen MR) is 78.0 cm³/mol. The molecule has 2 rings (SSSR count). The van der Waals surface area contributed by atoms with Gasteiger partial charge in [-0.3, -0.25) is 0 Å². The van der Waals surface area contributed by atoms with Crippen LogP contribution in [0.5, 0.6) is 0 Å². The summed E-state index contributed by atoms with van der Waals surface area (Å²) < 4.78 is 32.5. The summed E-state index contributed by atoms with van der Waals surface area (Å²) in [6.07, 6.45) is 2.91. The molecule has 1 saturated carbocycles. The molecule has 5 nitrogen and oxygen atoms in total. The average molecular weight is 298 g/mol. The van der Waals surface area contributed by atoms with Gasteiger partial charge in [-0.1, -0.05) is 12.1 Å². The number of rotatable bonds is 7. The van der Waals surface area contributed by atoms with Crippen LogP contribution >= 0.6 is 0 Å². The molecular weight excluding hydrogens is 276 g/mol. The van der Waals surface area contributed by atoms with Gasteiger partial charge in [0, 0.05) is 20.2 Å². The van der Waals surface area contributed by atoms with Crippen molar-refractivity contribution in [3.05, 3.63) is 29.8 Å². The number of benzene rings is 1. The van der Waals surface area contributed by atoms with Crippen molar-refractivity contribution in [1.82, 2.24) is 10.0 Å². The van der Waals surface area contributed by atoms with Crippen molar-refractivity contribution in [2.45, 2.75) is 36.3 Å². The van der Waals surface area contributed by atoms with Gasteiger partial charge in [0.15, 0.2) is 0 Å². The van der Waals surface area contributed by atoms with Crippen molar-refractivity contribution < 1.29 is 13.2 Å². The van der Waals surface area contributed by atoms with Crippen LogP contribution in [0.2, 0.25) is 0 Å². The molecule has 0 aromatic heterocycles. The third kappa shape index (κ3) is 3.38. The first kappa shape index (κ1) is 15.4. The molecule has 1 aromatic carbocycles. The second-order valence-electron chi connectivity index (χ2n) is 5.24. The number of methoxy groups -OCH3 is 1. The van der Waals surface area contributed by atoms with Crippen LogP contribution in [0.1, 0.15) is 24.8 Å². The minimum absolute atomic E-state index is 0.294. The van der Waals surface area contributed by atoms with E-state index < -0.39 is 10.0 Å². The first-order valence-electron chi connectivity index (χ1n) is 6.80. The Morgan fingerprint density at radius 3 is 2.35 bits per heavy atom. The summed E-state index contributed by atoms with van der Waals surface area (Å²) >= 11 is 0. The maximum atomic E-state index is 12.2. The molecule has 6 heteroatoms. The SMILES string of the molecule is CNCc1ccc(S(=O)(=O)NCC2(OC)CCC2)cc1. The number of sulfonamides is 1. The molecule has 112 valence electrons. The molecule has 1 aliphatic carbocycles. The van der Waals surface area contributed by atoms with E-state index in [1.807, 2.05) is 19.2 Å². The molecule has 0 saturated heterocycles. The van der Waals surface area contributed by atoms with Gasteiger partial charge in [0.25, 0.3) is 0 Å². The molecule has 0 radical (unpaired) electrons. The lowest BCUT2D eigenvalue weighted by Gasteiger charge is -2.40. The van der Waals surface area contributed by atoms with E-state index in [-0.39, 0.29) is 5.60 Å². The highest BCUT2D eigenvalue weighted by Crippen LogP contribution is 2.34. The zero-order valence-electron chi connectivity index (χ0n) is 12.0. The summed E-state index contributed by atoms with van der Waals surface area (Å²) in [5, 5.41) is 3.03. The molecule has 0 unspecified atom stereocenters. The third-order valence-corrected chi connectivity index (χ3v) is 5.31. The first-order chi connectivity index (χ1) is 9.51. The fourth-order valence-electron chi connectivity index (χ4n) is 2.32. The molecule has 0 amide bonds. The standard InChI is InChI=1S/C14H22N2O3S/c1-15-10-12-4-6-13(7-5-12)20(17,18)16-11-14(19-2)8-3-9-14/h4-7,15-16H,3,8-11H2,1-2H3. The van der Waals surface area contributed by atoms with Gasteiger partial charge < -0.3 is 10.1 Å². The molecule has 0 heterocycles. The quantitative estimate of drug-likeness (QED) is 0.795. The van der Waals surface area contributed by atoms with Crippen molar-refractivity contribution in [2.75, 3.05) is 20.7 Å². The number of ether oxygens (including phenoxy) is 1. The van der Waals surface area contributed by atoms with Gasteiger partial charge in [-0.15, -0.1) is 0 Å². The number of nitrogens with one attached hydrogen (secondary N) is 2. The topological polar surface area (TPSA) is 67.4 Å². The number of hydrogen-bond acceptors (Lipinski definition) is 4. The minimum Gasteiger partial charge on any atom is -0.377 e. The van der Waals surface area contributed by atoms with Crippen LogP contribution in [0.3, 0.4) is 0 Å². The molecule has 1 aliphatic rings. The van der Waals surface area contributed by atoms with Gasteiger partial charge in [-0.05, 0) is 44.0 Å². The van der Waals surface area contributed by atoms with Crippen LogP contribution in [0, 0.1) is 0 Å². The third-order valence-electron chi connectivity index (χ3n) is 3.90. The molecule has 0 bridgehead atoms. The fourth-order valence-corrected chi connectivity index (χ4v) is 3.44. The van der Waals surface area contributed by atoms with Crippen LogP contribution in [0.25, 0.3) is 0 Å². The average Bonchev–Trinajstić information content (AvgIpc) is 2.39. The predicted octanol–water partition coefficient (Wildman–Crippen LogP) is 1.25. The summed E-state index contributed by atoms with van der Waals surface area (Å²) in [7, 11) is 0.0332. The van der Waals surface area contributed by atoms with Gasteiger partial charge in [0.1, 0.15) is 0 Å². The van der Waals surface area contributed by atoms with E-state index in [4.69, 9.17) is 4.74 Å². The van der Waals surface area contributed by atoms with Gasteiger partial charge >= 0.3 is 0 Å². The van der Waals surface area contributed by atoms with E-state index in [0.717, 1.165) is 31.4 Å². The van der Waals surface area contributed by atoms with Gasteiger partial charge in [0.2, 0.25) is 10.0 Å². The van der Waals surface area contributed by atoms with E-state index in [9.17, 15) is 8.42 Å². The maximum absolute atomic E-state index is 12.2. The molecule has 0 spiro atoms. The highest BCUT2D eigenvalue weighted by atomic mass is 32.2. The molecular formula is C14H22N2O3S. The Labute approximate surface area is 120 Å². The monoisotopic (exact) mass is 298 g/mol. The van der Waals surface area contributed by atoms with Gasteiger partial charge in [-0.2, -0.15) is 0 Å². The van der Waals surface area contributed by atoms with Gasteiger partial charge in [-0.25, -0.2) is 13.1 Å². The van der Waals surface area contributed by atoms with Crippen LogP contribution in [0.4, 0.5) is 0 Å². The zero-order chi connectivity index (χ0) is 14.6. The minimum atomic E-state index is -3.46. The normalized spacial score (nSPS) is 17.7. The Balaban J connectivity index is 2.02. The van der Waals surface area contributed by atoms with E-state index >= 15 is 0 Å². The fraction of sp³-hybridized carbons (Fsp3) is 0.571. The lowest BCUT2D eigenvalue weighted by molar-refractivity contribution is -0.0659. The van der Waals surface area contributed by atoms with Crippen LogP contribution in [-0.4, -0.2) is 34.7 Å². The molecule has 20 heavy (non-hydrogen) atoms. The maximum Gasteiger partial charge on any atom is 0.240 e. The Kier molecular flexibility index (Phi) is 4.80. The number of hydrogen-bond donors (Lipinski definition) is 2. The molecule has 0 aliphatic heterocycles. The first-order valence-corrected chi connectivity index (χ1v) is 8.28. The summed E-state index contributed by atoms with van der Waals surface area (Å²) in [4.78, 5) is 0.294. The highest BCUT2D eigenvalue weighted by molar-refractivity contribution is 7.89. The Morgan fingerprint density at radius 1 is 1.25 bits per heavy atom. The Hall–Kier alpha value is -0.950.